The first kappa shape index (κ1) is 19.2. The Morgan fingerprint density at radius 2 is 1.68 bits per heavy atom. The number of ether oxygens (including phenoxy) is 1. The minimum Gasteiger partial charge on any atom is -0.464 e. The predicted octanol–water partition coefficient (Wildman–Crippen LogP) is 4.40. The van der Waals surface area contributed by atoms with Crippen LogP contribution in [0.25, 0.3) is 11.3 Å². The first-order valence-corrected chi connectivity index (χ1v) is 7.93. The Bertz CT molecular complexity index is 996. The van der Waals surface area contributed by atoms with Crippen molar-refractivity contribution in [2.24, 2.45) is 0 Å². The molecule has 0 unspecified atom stereocenters. The zero-order chi connectivity index (χ0) is 20.3. The van der Waals surface area contributed by atoms with Crippen LogP contribution in [0.4, 0.5) is 18.9 Å². The van der Waals surface area contributed by atoms with Gasteiger partial charge in [0.1, 0.15) is 5.56 Å². The van der Waals surface area contributed by atoms with Crippen LogP contribution in [-0.4, -0.2) is 24.1 Å². The molecule has 0 radical (unpaired) electrons. The van der Waals surface area contributed by atoms with Gasteiger partial charge in [-0.15, -0.1) is 0 Å². The Hall–Kier alpha value is -3.62. The third kappa shape index (κ3) is 3.88. The number of hydrogen-bond acceptors (Lipinski definition) is 5. The van der Waals surface area contributed by atoms with Gasteiger partial charge in [0.15, 0.2) is 5.76 Å². The third-order valence-electron chi connectivity index (χ3n) is 3.80. The summed E-state index contributed by atoms with van der Waals surface area (Å²) in [4.78, 5) is 24.7. The lowest BCUT2D eigenvalue weighted by molar-refractivity contribution is -0.137. The van der Waals surface area contributed by atoms with E-state index in [1.54, 1.807) is 30.3 Å². The highest BCUT2D eigenvalue weighted by Crippen LogP contribution is 2.31. The van der Waals surface area contributed by atoms with Gasteiger partial charge < -0.3 is 14.6 Å². The van der Waals surface area contributed by atoms with Crippen LogP contribution in [0.3, 0.4) is 0 Å². The van der Waals surface area contributed by atoms with Crippen molar-refractivity contribution in [3.8, 4) is 11.3 Å². The molecule has 0 aliphatic heterocycles. The number of anilines is 1. The summed E-state index contributed by atoms with van der Waals surface area (Å²) in [5, 5.41) is 6.05. The number of esters is 1. The lowest BCUT2D eigenvalue weighted by Crippen LogP contribution is -2.17. The second kappa shape index (κ2) is 7.55. The maximum atomic E-state index is 12.8. The Labute approximate surface area is 156 Å². The van der Waals surface area contributed by atoms with Crippen LogP contribution in [0, 0.1) is 0 Å². The molecule has 9 heteroatoms. The Morgan fingerprint density at radius 3 is 2.25 bits per heavy atom. The van der Waals surface area contributed by atoms with Crippen LogP contribution in [0.1, 0.15) is 26.4 Å². The number of methoxy groups -OCH3 is 1. The van der Waals surface area contributed by atoms with E-state index in [4.69, 9.17) is 4.52 Å². The van der Waals surface area contributed by atoms with Gasteiger partial charge in [-0.2, -0.15) is 13.2 Å². The average Bonchev–Trinajstić information content (AvgIpc) is 3.13. The normalized spacial score (nSPS) is 11.1. The summed E-state index contributed by atoms with van der Waals surface area (Å²) >= 11 is 0. The van der Waals surface area contributed by atoms with Crippen LogP contribution in [0.2, 0.25) is 0 Å². The Morgan fingerprint density at radius 1 is 1.04 bits per heavy atom. The molecule has 3 aromatic rings. The largest absolute Gasteiger partial charge is 0.464 e. The van der Waals surface area contributed by atoms with Gasteiger partial charge >= 0.3 is 12.1 Å². The number of aromatic nitrogens is 1. The number of carbonyl (C=O) groups excluding carboxylic acids is 2. The van der Waals surface area contributed by atoms with Crippen molar-refractivity contribution in [2.45, 2.75) is 6.18 Å². The summed E-state index contributed by atoms with van der Waals surface area (Å²) in [6.45, 7) is 0. The lowest BCUT2D eigenvalue weighted by Gasteiger charge is -2.09. The standard InChI is InChI=1S/C19H13F3N2O4/c1-27-18(26)15-14(16(28-24-15)11-5-3-2-4-6-11)17(25)23-13-9-7-12(8-10-13)19(20,21)22/h2-10H,1H3,(H,23,25). The molecule has 144 valence electrons. The van der Waals surface area contributed by atoms with Crippen molar-refractivity contribution < 1.29 is 32.0 Å². The molecule has 0 fully saturated rings. The highest BCUT2D eigenvalue weighted by Gasteiger charge is 2.31. The summed E-state index contributed by atoms with van der Waals surface area (Å²) in [6, 6.07) is 12.3. The SMILES string of the molecule is COC(=O)c1noc(-c2ccccc2)c1C(=O)Nc1ccc(C(F)(F)F)cc1. The smallest absolute Gasteiger partial charge is 0.416 e. The molecule has 0 spiro atoms. The minimum absolute atomic E-state index is 0.0328. The molecule has 0 aliphatic rings. The maximum absolute atomic E-state index is 12.8. The van der Waals surface area contributed by atoms with E-state index in [-0.39, 0.29) is 22.7 Å². The fourth-order valence-electron chi connectivity index (χ4n) is 2.46. The molecule has 1 N–H and O–H groups in total. The highest BCUT2D eigenvalue weighted by molar-refractivity contribution is 6.13. The number of benzene rings is 2. The molecule has 28 heavy (non-hydrogen) atoms. The third-order valence-corrected chi connectivity index (χ3v) is 3.80. The second-order valence-corrected chi connectivity index (χ2v) is 5.62. The summed E-state index contributed by atoms with van der Waals surface area (Å²) in [5.74, 6) is -1.63. The van der Waals surface area contributed by atoms with Gasteiger partial charge in [-0.3, -0.25) is 4.79 Å². The first-order chi connectivity index (χ1) is 13.3. The van der Waals surface area contributed by atoms with Gasteiger partial charge in [0.25, 0.3) is 5.91 Å². The van der Waals surface area contributed by atoms with E-state index in [1.165, 1.54) is 0 Å². The number of alkyl halides is 3. The van der Waals surface area contributed by atoms with E-state index in [9.17, 15) is 22.8 Å². The van der Waals surface area contributed by atoms with Crippen molar-refractivity contribution in [3.63, 3.8) is 0 Å². The monoisotopic (exact) mass is 390 g/mol. The number of halogens is 3. The molecule has 0 bridgehead atoms. The van der Waals surface area contributed by atoms with Gasteiger partial charge in [0, 0.05) is 11.3 Å². The number of rotatable bonds is 4. The van der Waals surface area contributed by atoms with Crippen LogP contribution < -0.4 is 5.32 Å². The van der Waals surface area contributed by atoms with Crippen LogP contribution in [0.15, 0.2) is 59.1 Å². The number of carbonyl (C=O) groups is 2. The maximum Gasteiger partial charge on any atom is 0.416 e. The van der Waals surface area contributed by atoms with Crippen molar-refractivity contribution in [1.82, 2.24) is 5.16 Å². The fourth-order valence-corrected chi connectivity index (χ4v) is 2.46. The van der Waals surface area contributed by atoms with E-state index in [1.807, 2.05) is 0 Å². The van der Waals surface area contributed by atoms with E-state index in [0.29, 0.717) is 5.56 Å². The number of amides is 1. The molecule has 2 aromatic carbocycles. The molecule has 0 saturated heterocycles. The van der Waals surface area contributed by atoms with Gasteiger partial charge in [-0.25, -0.2) is 4.79 Å². The molecule has 3 rings (SSSR count). The molecule has 1 aromatic heterocycles. The quantitative estimate of drug-likeness (QED) is 0.668. The van der Waals surface area contributed by atoms with Crippen molar-refractivity contribution in [1.29, 1.82) is 0 Å². The topological polar surface area (TPSA) is 81.4 Å². The van der Waals surface area contributed by atoms with E-state index < -0.39 is 23.6 Å². The number of nitrogens with one attached hydrogen (secondary N) is 1. The van der Waals surface area contributed by atoms with Crippen LogP contribution >= 0.6 is 0 Å². The fraction of sp³-hybridized carbons (Fsp3) is 0.105. The summed E-state index contributed by atoms with van der Waals surface area (Å²) in [7, 11) is 1.12. The van der Waals surface area contributed by atoms with Crippen molar-refractivity contribution >= 4 is 17.6 Å². The molecular weight excluding hydrogens is 377 g/mol. The van der Waals surface area contributed by atoms with E-state index in [2.05, 4.69) is 15.2 Å². The highest BCUT2D eigenvalue weighted by atomic mass is 19.4. The van der Waals surface area contributed by atoms with Gasteiger partial charge in [0.05, 0.1) is 12.7 Å². The van der Waals surface area contributed by atoms with Gasteiger partial charge in [-0.05, 0) is 24.3 Å². The van der Waals surface area contributed by atoms with Crippen LogP contribution in [-0.2, 0) is 10.9 Å². The number of hydrogen-bond donors (Lipinski definition) is 1. The minimum atomic E-state index is -4.49. The molecule has 0 aliphatic carbocycles. The lowest BCUT2D eigenvalue weighted by atomic mass is 10.1. The molecule has 0 atom stereocenters. The van der Waals surface area contributed by atoms with Crippen molar-refractivity contribution in [2.75, 3.05) is 12.4 Å². The van der Waals surface area contributed by atoms with E-state index >= 15 is 0 Å². The molecule has 6 nitrogen and oxygen atoms in total. The number of nitrogens with zero attached hydrogens (tertiary/aromatic N) is 1. The summed E-state index contributed by atoms with van der Waals surface area (Å²) < 4.78 is 47.8. The zero-order valence-corrected chi connectivity index (χ0v) is 14.4. The van der Waals surface area contributed by atoms with Gasteiger partial charge in [-0.1, -0.05) is 35.5 Å². The Kier molecular flexibility index (Phi) is 5.16. The Balaban J connectivity index is 1.96. The van der Waals surface area contributed by atoms with Crippen molar-refractivity contribution in [3.05, 3.63) is 71.4 Å². The summed E-state index contributed by atoms with van der Waals surface area (Å²) in [5.41, 5.74) is -0.781. The summed E-state index contributed by atoms with van der Waals surface area (Å²) in [6.07, 6.45) is -4.49. The molecule has 0 saturated carbocycles. The van der Waals surface area contributed by atoms with Gasteiger partial charge in [0.2, 0.25) is 5.69 Å². The predicted molar refractivity (Wildman–Crippen MR) is 92.7 cm³/mol. The molecule has 1 heterocycles. The average molecular weight is 390 g/mol. The van der Waals surface area contributed by atoms with Crippen LogP contribution in [0.5, 0.6) is 0 Å². The second-order valence-electron chi connectivity index (χ2n) is 5.62. The zero-order valence-electron chi connectivity index (χ0n) is 14.4. The van der Waals surface area contributed by atoms with E-state index in [0.717, 1.165) is 31.4 Å². The molecule has 1 amide bonds. The first-order valence-electron chi connectivity index (χ1n) is 7.93. The molecular formula is C19H13F3N2O4.